The predicted octanol–water partition coefficient (Wildman–Crippen LogP) is 5.29. The molecule has 0 aliphatic carbocycles. The molecule has 0 N–H and O–H groups in total. The number of ketones is 1. The van der Waals surface area contributed by atoms with Crippen LogP contribution in [0.25, 0.3) is 10.9 Å². The third-order valence-electron chi connectivity index (χ3n) is 6.57. The van der Waals surface area contributed by atoms with E-state index in [-0.39, 0.29) is 5.78 Å². The SMILES string of the molecule is CC(=O)C1=C2c3ccccc3OP2(c2ccccc2)(c2ccccc2)c2ccccc21. The van der Waals surface area contributed by atoms with Gasteiger partial charge in [0, 0.05) is 0 Å². The van der Waals surface area contributed by atoms with Crippen LogP contribution >= 0.6 is 6.83 Å². The number of benzene rings is 4. The minimum atomic E-state index is -3.62. The van der Waals surface area contributed by atoms with Crippen LogP contribution < -0.4 is 20.4 Å². The van der Waals surface area contributed by atoms with E-state index in [2.05, 4.69) is 72.8 Å². The fraction of sp³-hybridized carbons (Fsp3) is 0.0357. The first-order valence-electron chi connectivity index (χ1n) is 10.5. The molecule has 0 amide bonds. The van der Waals surface area contributed by atoms with E-state index in [1.807, 2.05) is 36.4 Å². The van der Waals surface area contributed by atoms with Gasteiger partial charge in [0.25, 0.3) is 0 Å². The minimum absolute atomic E-state index is 0.0705. The van der Waals surface area contributed by atoms with Crippen LogP contribution in [0.4, 0.5) is 0 Å². The summed E-state index contributed by atoms with van der Waals surface area (Å²) in [6.07, 6.45) is 0. The van der Waals surface area contributed by atoms with Crippen molar-refractivity contribution in [3.63, 3.8) is 0 Å². The molecule has 3 heteroatoms. The summed E-state index contributed by atoms with van der Waals surface area (Å²) in [5, 5.41) is 4.40. The molecule has 4 aromatic rings. The normalized spacial score (nSPS) is 18.2. The molecular weight excluding hydrogens is 399 g/mol. The molecular formula is C28H21O2P. The zero-order chi connectivity index (χ0) is 21.1. The first-order valence-corrected chi connectivity index (χ1v) is 12.6. The molecule has 2 aliphatic heterocycles. The standard InChI is InChI=1S/C28H21O2P/c1-20(29)27-24-17-9-11-19-26(24)31(21-12-4-2-5-13-21,22-14-6-3-7-15-22)28(27)23-16-8-10-18-25(23)30-31/h2-19H,1H3. The first-order chi connectivity index (χ1) is 15.2. The summed E-state index contributed by atoms with van der Waals surface area (Å²) in [4.78, 5) is 13.2. The first kappa shape index (κ1) is 18.3. The Morgan fingerprint density at radius 1 is 0.645 bits per heavy atom. The van der Waals surface area contributed by atoms with Crippen LogP contribution in [-0.2, 0) is 4.79 Å². The third kappa shape index (κ3) is 2.03. The van der Waals surface area contributed by atoms with Gasteiger partial charge in [0.05, 0.1) is 0 Å². The fourth-order valence-electron chi connectivity index (χ4n) is 5.49. The Morgan fingerprint density at radius 3 is 1.77 bits per heavy atom. The Balaban J connectivity index is 1.94. The van der Waals surface area contributed by atoms with Crippen LogP contribution in [0.15, 0.2) is 109 Å². The molecule has 0 aromatic heterocycles. The topological polar surface area (TPSA) is 26.3 Å². The molecule has 2 heterocycles. The van der Waals surface area contributed by atoms with Crippen molar-refractivity contribution in [3.05, 3.63) is 120 Å². The summed E-state index contributed by atoms with van der Waals surface area (Å²) in [5.74, 6) is 0.914. The summed E-state index contributed by atoms with van der Waals surface area (Å²) in [6, 6.07) is 37.5. The number of Topliss-reactive ketones (excluding diaryl/α,β-unsaturated/α-hetero) is 1. The maximum absolute atomic E-state index is 13.2. The Kier molecular flexibility index (Phi) is 3.70. The molecule has 150 valence electrons. The Labute approximate surface area is 181 Å². The summed E-state index contributed by atoms with van der Waals surface area (Å²) < 4.78 is 7.31. The molecule has 2 aliphatic rings. The monoisotopic (exact) mass is 420 g/mol. The third-order valence-corrected chi connectivity index (χ3v) is 12.3. The summed E-state index contributed by atoms with van der Waals surface area (Å²) in [7, 11) is 0. The molecule has 0 saturated heterocycles. The van der Waals surface area contributed by atoms with Gasteiger partial charge >= 0.3 is 182 Å². The van der Waals surface area contributed by atoms with E-state index >= 15 is 0 Å². The Hall–Kier alpha value is -3.48. The molecule has 0 spiro atoms. The van der Waals surface area contributed by atoms with E-state index < -0.39 is 6.83 Å². The van der Waals surface area contributed by atoms with Crippen LogP contribution in [0, 0.1) is 0 Å². The predicted molar refractivity (Wildman–Crippen MR) is 130 cm³/mol. The van der Waals surface area contributed by atoms with Gasteiger partial charge in [-0.25, -0.2) is 0 Å². The molecule has 2 nitrogen and oxygen atoms in total. The van der Waals surface area contributed by atoms with Crippen molar-refractivity contribution in [3.8, 4) is 5.75 Å². The average Bonchev–Trinajstić information content (AvgIpc) is 3.28. The molecule has 31 heavy (non-hydrogen) atoms. The maximum atomic E-state index is 13.2. The van der Waals surface area contributed by atoms with Gasteiger partial charge in [-0.3, -0.25) is 0 Å². The van der Waals surface area contributed by atoms with Crippen LogP contribution in [-0.4, -0.2) is 5.78 Å². The van der Waals surface area contributed by atoms with Crippen molar-refractivity contribution in [1.29, 1.82) is 0 Å². The second-order valence-electron chi connectivity index (χ2n) is 8.09. The number of hydrogen-bond donors (Lipinski definition) is 0. The van der Waals surface area contributed by atoms with Gasteiger partial charge in [-0.05, 0) is 0 Å². The van der Waals surface area contributed by atoms with Gasteiger partial charge < -0.3 is 0 Å². The van der Waals surface area contributed by atoms with Gasteiger partial charge in [0.15, 0.2) is 0 Å². The fourth-order valence-corrected chi connectivity index (χ4v) is 11.9. The summed E-state index contributed by atoms with van der Waals surface area (Å²) in [5.41, 5.74) is 2.80. The van der Waals surface area contributed by atoms with Crippen molar-refractivity contribution in [2.24, 2.45) is 0 Å². The Bertz CT molecular complexity index is 1350. The zero-order valence-electron chi connectivity index (χ0n) is 17.2. The average molecular weight is 420 g/mol. The number of fused-ring (bicyclic) bond motifs is 5. The van der Waals surface area contributed by atoms with Crippen molar-refractivity contribution < 1.29 is 9.32 Å². The van der Waals surface area contributed by atoms with Gasteiger partial charge in [0.2, 0.25) is 0 Å². The van der Waals surface area contributed by atoms with Crippen molar-refractivity contribution >= 4 is 39.4 Å². The Morgan fingerprint density at radius 2 is 1.16 bits per heavy atom. The molecule has 0 unspecified atom stereocenters. The zero-order valence-corrected chi connectivity index (χ0v) is 18.1. The van der Waals surface area contributed by atoms with Crippen LogP contribution in [0.1, 0.15) is 18.1 Å². The van der Waals surface area contributed by atoms with Gasteiger partial charge in [-0.15, -0.1) is 0 Å². The number of hydrogen-bond acceptors (Lipinski definition) is 2. The summed E-state index contributed by atoms with van der Waals surface area (Å²) >= 11 is 0. The van der Waals surface area contributed by atoms with Crippen molar-refractivity contribution in [1.82, 2.24) is 0 Å². The molecule has 6 rings (SSSR count). The molecule has 0 saturated carbocycles. The van der Waals surface area contributed by atoms with E-state index in [4.69, 9.17) is 4.52 Å². The number of rotatable bonds is 3. The van der Waals surface area contributed by atoms with E-state index in [0.29, 0.717) is 0 Å². The van der Waals surface area contributed by atoms with Gasteiger partial charge in [0.1, 0.15) is 0 Å². The molecule has 0 fully saturated rings. The number of carbonyl (C=O) groups is 1. The number of allylic oxidation sites excluding steroid dienone is 1. The van der Waals surface area contributed by atoms with Gasteiger partial charge in [-0.1, -0.05) is 0 Å². The van der Waals surface area contributed by atoms with E-state index in [0.717, 1.165) is 43.7 Å². The van der Waals surface area contributed by atoms with Crippen LogP contribution in [0.2, 0.25) is 0 Å². The van der Waals surface area contributed by atoms with Crippen molar-refractivity contribution in [2.75, 3.05) is 0 Å². The van der Waals surface area contributed by atoms with E-state index in [1.165, 1.54) is 0 Å². The second-order valence-corrected chi connectivity index (χ2v) is 12.3. The van der Waals surface area contributed by atoms with E-state index in [1.54, 1.807) is 6.92 Å². The molecule has 0 atom stereocenters. The molecule has 4 aromatic carbocycles. The number of carbonyl (C=O) groups excluding carboxylic acids is 1. The van der Waals surface area contributed by atoms with Crippen LogP contribution in [0.5, 0.6) is 5.75 Å². The number of para-hydroxylation sites is 1. The van der Waals surface area contributed by atoms with Gasteiger partial charge in [-0.2, -0.15) is 0 Å². The summed E-state index contributed by atoms with van der Waals surface area (Å²) in [6.45, 7) is -1.95. The second kappa shape index (κ2) is 6.26. The van der Waals surface area contributed by atoms with Crippen LogP contribution in [0.3, 0.4) is 0 Å². The van der Waals surface area contributed by atoms with E-state index in [9.17, 15) is 4.79 Å². The molecule has 0 bridgehead atoms. The molecule has 0 radical (unpaired) electrons. The van der Waals surface area contributed by atoms with Crippen molar-refractivity contribution in [2.45, 2.75) is 6.92 Å². The quantitative estimate of drug-likeness (QED) is 0.421.